The van der Waals surface area contributed by atoms with E-state index in [9.17, 15) is 0 Å². The number of aromatic nitrogens is 4. The van der Waals surface area contributed by atoms with Crippen LogP contribution in [0.25, 0.3) is 21.6 Å². The normalized spacial score (nSPS) is 12.7. The van der Waals surface area contributed by atoms with E-state index in [2.05, 4.69) is 57.0 Å². The van der Waals surface area contributed by atoms with Crippen molar-refractivity contribution >= 4 is 49.7 Å². The molecule has 4 rings (SSSR count). The quantitative estimate of drug-likeness (QED) is 0.392. The third-order valence-corrected chi connectivity index (χ3v) is 6.54. The topological polar surface area (TPSA) is 49.7 Å². The third kappa shape index (κ3) is 3.89. The summed E-state index contributed by atoms with van der Waals surface area (Å²) in [6.07, 6.45) is 0. The Morgan fingerprint density at radius 2 is 1.93 bits per heavy atom. The molecule has 0 aliphatic heterocycles. The Kier molecular flexibility index (Phi) is 5.23. The lowest BCUT2D eigenvalue weighted by Gasteiger charge is -2.22. The summed E-state index contributed by atoms with van der Waals surface area (Å²) in [5, 5.41) is 4.40. The molecule has 8 heteroatoms. The number of hydrogen-bond donors (Lipinski definition) is 1. The van der Waals surface area contributed by atoms with Gasteiger partial charge in [-0.15, -0.1) is 11.3 Å². The largest absolute Gasteiger partial charge is 0.278 e. The summed E-state index contributed by atoms with van der Waals surface area (Å²) in [4.78, 5) is 11.5. The van der Waals surface area contributed by atoms with Crippen molar-refractivity contribution in [2.45, 2.75) is 19.6 Å². The second-order valence-electron chi connectivity index (χ2n) is 6.38. The van der Waals surface area contributed by atoms with Crippen molar-refractivity contribution in [1.82, 2.24) is 24.6 Å². The van der Waals surface area contributed by atoms with Crippen molar-refractivity contribution in [3.05, 3.63) is 62.8 Å². The van der Waals surface area contributed by atoms with Crippen LogP contribution in [0.3, 0.4) is 0 Å². The van der Waals surface area contributed by atoms with E-state index in [0.717, 1.165) is 26.4 Å². The number of benzene rings is 2. The van der Waals surface area contributed by atoms with E-state index in [1.165, 1.54) is 4.70 Å². The molecular formula is C19H18BrN5S2. The number of H-pyrrole nitrogens is 1. The monoisotopic (exact) mass is 459 g/mol. The Hall–Kier alpha value is -1.87. The molecule has 0 unspecified atom stereocenters. The van der Waals surface area contributed by atoms with Crippen molar-refractivity contribution in [3.63, 3.8) is 0 Å². The van der Waals surface area contributed by atoms with Gasteiger partial charge in [0.2, 0.25) is 4.77 Å². The molecule has 0 amide bonds. The van der Waals surface area contributed by atoms with E-state index in [1.54, 1.807) is 11.3 Å². The summed E-state index contributed by atoms with van der Waals surface area (Å²) in [5.41, 5.74) is 2.05. The van der Waals surface area contributed by atoms with Gasteiger partial charge in [-0.1, -0.05) is 40.2 Å². The van der Waals surface area contributed by atoms with E-state index >= 15 is 0 Å². The molecule has 2 aromatic heterocycles. The van der Waals surface area contributed by atoms with Gasteiger partial charge in [-0.2, -0.15) is 4.98 Å². The molecule has 27 heavy (non-hydrogen) atoms. The Morgan fingerprint density at radius 3 is 2.67 bits per heavy atom. The van der Waals surface area contributed by atoms with Crippen molar-refractivity contribution in [2.75, 3.05) is 7.05 Å². The van der Waals surface area contributed by atoms with Gasteiger partial charge in [0, 0.05) is 10.0 Å². The summed E-state index contributed by atoms with van der Waals surface area (Å²) in [6.45, 7) is 2.77. The number of nitrogens with one attached hydrogen (secondary N) is 1. The second-order valence-corrected chi connectivity index (χ2v) is 8.73. The number of fused-ring (bicyclic) bond motifs is 1. The average Bonchev–Trinajstić information content (AvgIpc) is 3.25. The standard InChI is InChI=1S/C19H18BrN5S2/c1-12(18-21-15-5-3-4-6-16(15)27-18)24(2)11-25-19(26)22-17(23-25)13-7-9-14(20)10-8-13/h3-10,12H,11H2,1-2H3,(H,22,23,26)/t12-/m0/s1. The van der Waals surface area contributed by atoms with Crippen molar-refractivity contribution in [1.29, 1.82) is 0 Å². The minimum atomic E-state index is 0.170. The van der Waals surface area contributed by atoms with Crippen LogP contribution in [0.2, 0.25) is 0 Å². The highest BCUT2D eigenvalue weighted by molar-refractivity contribution is 9.10. The number of halogens is 1. The van der Waals surface area contributed by atoms with E-state index in [1.807, 2.05) is 41.1 Å². The zero-order chi connectivity index (χ0) is 19.0. The molecule has 0 saturated carbocycles. The van der Waals surface area contributed by atoms with Crippen LogP contribution in [0.15, 0.2) is 53.0 Å². The lowest BCUT2D eigenvalue weighted by atomic mass is 10.2. The molecule has 1 atom stereocenters. The van der Waals surface area contributed by atoms with Gasteiger partial charge in [0.05, 0.1) is 22.9 Å². The SMILES string of the molecule is C[C@@H](c1nc2ccccc2s1)N(C)Cn1[nH]c(-c2ccc(Br)cc2)nc1=S. The smallest absolute Gasteiger partial charge is 0.217 e. The highest BCUT2D eigenvalue weighted by Crippen LogP contribution is 2.29. The molecule has 2 aromatic carbocycles. The van der Waals surface area contributed by atoms with E-state index < -0.39 is 0 Å². The van der Waals surface area contributed by atoms with Crippen LogP contribution in [-0.2, 0) is 6.67 Å². The van der Waals surface area contributed by atoms with Gasteiger partial charge in [0.1, 0.15) is 5.01 Å². The van der Waals surface area contributed by atoms with Crippen LogP contribution in [-0.4, -0.2) is 31.7 Å². The van der Waals surface area contributed by atoms with E-state index in [4.69, 9.17) is 17.2 Å². The molecule has 0 radical (unpaired) electrons. The number of nitrogens with zero attached hydrogens (tertiary/aromatic N) is 4. The zero-order valence-corrected chi connectivity index (χ0v) is 18.1. The fourth-order valence-electron chi connectivity index (χ4n) is 2.79. The fourth-order valence-corrected chi connectivity index (χ4v) is 4.34. The molecule has 0 spiro atoms. The van der Waals surface area contributed by atoms with Crippen LogP contribution in [0, 0.1) is 4.77 Å². The molecule has 0 fully saturated rings. The Morgan fingerprint density at radius 1 is 1.19 bits per heavy atom. The van der Waals surface area contributed by atoms with Crippen molar-refractivity contribution in [3.8, 4) is 11.4 Å². The Bertz CT molecular complexity index is 1100. The van der Waals surface area contributed by atoms with Crippen LogP contribution in [0.1, 0.15) is 18.0 Å². The highest BCUT2D eigenvalue weighted by atomic mass is 79.9. The van der Waals surface area contributed by atoms with Crippen molar-refractivity contribution in [2.24, 2.45) is 0 Å². The van der Waals surface area contributed by atoms with E-state index in [-0.39, 0.29) is 6.04 Å². The number of thiazole rings is 1. The molecule has 2 heterocycles. The fraction of sp³-hybridized carbons (Fsp3) is 0.211. The van der Waals surface area contributed by atoms with Gasteiger partial charge in [-0.05, 0) is 50.5 Å². The minimum Gasteiger partial charge on any atom is -0.278 e. The molecule has 0 bridgehead atoms. The number of rotatable bonds is 5. The summed E-state index contributed by atoms with van der Waals surface area (Å²) < 4.78 is 4.67. The van der Waals surface area contributed by atoms with E-state index in [0.29, 0.717) is 11.4 Å². The maximum atomic E-state index is 5.44. The van der Waals surface area contributed by atoms with Crippen LogP contribution in [0.5, 0.6) is 0 Å². The van der Waals surface area contributed by atoms with Gasteiger partial charge in [-0.3, -0.25) is 10.00 Å². The van der Waals surface area contributed by atoms with Crippen LogP contribution in [0.4, 0.5) is 0 Å². The summed E-state index contributed by atoms with van der Waals surface area (Å²) >= 11 is 10.6. The van der Waals surface area contributed by atoms with Gasteiger partial charge in [-0.25, -0.2) is 9.67 Å². The first-order valence-corrected chi connectivity index (χ1v) is 10.5. The molecule has 0 aliphatic carbocycles. The molecule has 0 aliphatic rings. The molecule has 1 N–H and O–H groups in total. The molecular weight excluding hydrogens is 442 g/mol. The average molecular weight is 460 g/mol. The van der Waals surface area contributed by atoms with Crippen LogP contribution < -0.4 is 0 Å². The minimum absolute atomic E-state index is 0.170. The van der Waals surface area contributed by atoms with Gasteiger partial charge in [0.25, 0.3) is 0 Å². The predicted molar refractivity (Wildman–Crippen MR) is 116 cm³/mol. The number of para-hydroxylation sites is 1. The maximum Gasteiger partial charge on any atom is 0.217 e. The van der Waals surface area contributed by atoms with Gasteiger partial charge in [0.15, 0.2) is 5.82 Å². The summed E-state index contributed by atoms with van der Waals surface area (Å²) in [7, 11) is 2.07. The zero-order valence-electron chi connectivity index (χ0n) is 14.9. The summed E-state index contributed by atoms with van der Waals surface area (Å²) in [5.74, 6) is 0.772. The van der Waals surface area contributed by atoms with Crippen molar-refractivity contribution < 1.29 is 0 Å². The molecule has 4 aromatic rings. The maximum absolute atomic E-state index is 5.44. The Balaban J connectivity index is 1.54. The number of aromatic amines is 1. The highest BCUT2D eigenvalue weighted by Gasteiger charge is 2.17. The molecule has 5 nitrogen and oxygen atoms in total. The first-order chi connectivity index (χ1) is 13.0. The lowest BCUT2D eigenvalue weighted by Crippen LogP contribution is -2.26. The van der Waals surface area contributed by atoms with Crippen LogP contribution >= 0.6 is 39.5 Å². The first-order valence-electron chi connectivity index (χ1n) is 8.50. The summed E-state index contributed by atoms with van der Waals surface area (Å²) in [6, 6.07) is 16.4. The van der Waals surface area contributed by atoms with Gasteiger partial charge >= 0.3 is 0 Å². The van der Waals surface area contributed by atoms with Gasteiger partial charge < -0.3 is 0 Å². The number of hydrogen-bond acceptors (Lipinski definition) is 5. The molecule has 138 valence electrons. The third-order valence-electron chi connectivity index (χ3n) is 4.49. The first kappa shape index (κ1) is 18.5. The second kappa shape index (κ2) is 7.63. The Labute approximate surface area is 174 Å². The predicted octanol–water partition coefficient (Wildman–Crippen LogP) is 5.63. The molecule has 0 saturated heterocycles. The lowest BCUT2D eigenvalue weighted by molar-refractivity contribution is 0.195.